The average Bonchev–Trinajstić information content (AvgIpc) is 2.90. The van der Waals surface area contributed by atoms with E-state index >= 15 is 0 Å². The Labute approximate surface area is 131 Å². The molecule has 22 heavy (non-hydrogen) atoms. The maximum Gasteiger partial charge on any atom is 0.234 e. The first-order chi connectivity index (χ1) is 10.6. The largest absolute Gasteiger partial charge is 0.398 e. The fourth-order valence-corrected chi connectivity index (χ4v) is 2.73. The van der Waals surface area contributed by atoms with E-state index in [0.29, 0.717) is 16.5 Å². The number of benzene rings is 1. The summed E-state index contributed by atoms with van der Waals surface area (Å²) >= 11 is 1.32. The van der Waals surface area contributed by atoms with E-state index in [1.54, 1.807) is 22.7 Å². The summed E-state index contributed by atoms with van der Waals surface area (Å²) in [5, 5.41) is 11.6. The molecular weight excluding hydrogens is 298 g/mol. The number of nitrogens with two attached hydrogens (primary N) is 1. The molecule has 6 nitrogen and oxygen atoms in total. The number of rotatable bonds is 4. The molecule has 0 bridgehead atoms. The number of amides is 1. The van der Waals surface area contributed by atoms with Crippen LogP contribution in [0.1, 0.15) is 5.56 Å². The van der Waals surface area contributed by atoms with Gasteiger partial charge in [0.2, 0.25) is 5.91 Å². The first-order valence-electron chi connectivity index (χ1n) is 6.72. The number of hydrogen-bond donors (Lipinski definition) is 2. The van der Waals surface area contributed by atoms with Crippen LogP contribution >= 0.6 is 11.8 Å². The summed E-state index contributed by atoms with van der Waals surface area (Å²) in [6.07, 6.45) is 1.75. The number of nitrogens with zero attached hydrogens (tertiary/aromatic N) is 3. The molecule has 0 radical (unpaired) electrons. The third-order valence-corrected chi connectivity index (χ3v) is 4.09. The van der Waals surface area contributed by atoms with Crippen LogP contribution in [0.25, 0.3) is 5.65 Å². The van der Waals surface area contributed by atoms with Crippen molar-refractivity contribution in [2.75, 3.05) is 16.8 Å². The zero-order chi connectivity index (χ0) is 15.5. The second kappa shape index (κ2) is 6.07. The molecule has 0 unspecified atom stereocenters. The molecule has 0 spiro atoms. The lowest BCUT2D eigenvalue weighted by Crippen LogP contribution is -2.15. The van der Waals surface area contributed by atoms with Crippen LogP contribution in [0.2, 0.25) is 0 Å². The molecule has 112 valence electrons. The van der Waals surface area contributed by atoms with Gasteiger partial charge in [0.25, 0.3) is 0 Å². The van der Waals surface area contributed by atoms with Crippen LogP contribution in [0.4, 0.5) is 11.4 Å². The van der Waals surface area contributed by atoms with E-state index in [0.717, 1.165) is 11.3 Å². The number of fused-ring (bicyclic) bond motifs is 1. The summed E-state index contributed by atoms with van der Waals surface area (Å²) in [5.41, 5.74) is 8.94. The molecule has 1 amide bonds. The van der Waals surface area contributed by atoms with E-state index in [1.807, 2.05) is 31.2 Å². The minimum absolute atomic E-state index is 0.0834. The number of pyridine rings is 1. The normalized spacial score (nSPS) is 10.8. The van der Waals surface area contributed by atoms with Gasteiger partial charge in [-0.15, -0.1) is 10.2 Å². The number of carbonyl (C=O) groups excluding carboxylic acids is 1. The molecule has 0 aliphatic carbocycles. The van der Waals surface area contributed by atoms with Crippen molar-refractivity contribution in [3.8, 4) is 0 Å². The Morgan fingerprint density at radius 1 is 1.27 bits per heavy atom. The highest BCUT2D eigenvalue weighted by atomic mass is 32.2. The first-order valence-corrected chi connectivity index (χ1v) is 7.70. The summed E-state index contributed by atoms with van der Waals surface area (Å²) < 4.78 is 1.78. The lowest BCUT2D eigenvalue weighted by atomic mass is 10.2. The molecular formula is C15H15N5OS. The quantitative estimate of drug-likeness (QED) is 0.722. The fourth-order valence-electron chi connectivity index (χ4n) is 2.01. The van der Waals surface area contributed by atoms with Crippen molar-refractivity contribution < 1.29 is 4.79 Å². The molecule has 0 saturated heterocycles. The number of carbonyl (C=O) groups is 1. The summed E-state index contributed by atoms with van der Waals surface area (Å²) in [5.74, 6) is 0.171. The van der Waals surface area contributed by atoms with Crippen LogP contribution in [-0.4, -0.2) is 26.3 Å². The SMILES string of the molecule is Cc1ccccc1NC(=O)CSc1nnc2ccc(N)cn12. The Kier molecular flexibility index (Phi) is 3.97. The number of nitrogens with one attached hydrogen (secondary N) is 1. The van der Waals surface area contributed by atoms with Gasteiger partial charge in [0.1, 0.15) is 0 Å². The van der Waals surface area contributed by atoms with E-state index in [2.05, 4.69) is 15.5 Å². The Bertz CT molecular complexity index is 830. The van der Waals surface area contributed by atoms with Crippen LogP contribution in [0.3, 0.4) is 0 Å². The summed E-state index contributed by atoms with van der Waals surface area (Å²) in [6.45, 7) is 1.96. The van der Waals surface area contributed by atoms with Crippen LogP contribution in [-0.2, 0) is 4.79 Å². The predicted molar refractivity (Wildman–Crippen MR) is 87.9 cm³/mol. The molecule has 7 heteroatoms. The van der Waals surface area contributed by atoms with Crippen molar-refractivity contribution >= 4 is 34.7 Å². The highest BCUT2D eigenvalue weighted by molar-refractivity contribution is 7.99. The van der Waals surface area contributed by atoms with E-state index in [9.17, 15) is 4.79 Å². The minimum atomic E-state index is -0.0834. The zero-order valence-electron chi connectivity index (χ0n) is 12.0. The van der Waals surface area contributed by atoms with Crippen LogP contribution < -0.4 is 11.1 Å². The van der Waals surface area contributed by atoms with Gasteiger partial charge in [0.05, 0.1) is 5.75 Å². The van der Waals surface area contributed by atoms with Crippen molar-refractivity contribution in [3.63, 3.8) is 0 Å². The Hall–Kier alpha value is -2.54. The van der Waals surface area contributed by atoms with Gasteiger partial charge in [0.15, 0.2) is 10.8 Å². The lowest BCUT2D eigenvalue weighted by Gasteiger charge is -2.07. The van der Waals surface area contributed by atoms with Crippen LogP contribution in [0, 0.1) is 6.92 Å². The standard InChI is InChI=1S/C15H15N5OS/c1-10-4-2-3-5-12(10)17-14(21)9-22-15-19-18-13-7-6-11(16)8-20(13)15/h2-8H,9,16H2,1H3,(H,17,21). The molecule has 0 aliphatic heterocycles. The van der Waals surface area contributed by atoms with E-state index in [1.165, 1.54) is 11.8 Å². The van der Waals surface area contributed by atoms with Gasteiger partial charge >= 0.3 is 0 Å². The van der Waals surface area contributed by atoms with E-state index in [4.69, 9.17) is 5.73 Å². The third-order valence-electron chi connectivity index (χ3n) is 3.15. The summed E-state index contributed by atoms with van der Waals surface area (Å²) in [6, 6.07) is 11.2. The smallest absolute Gasteiger partial charge is 0.234 e. The minimum Gasteiger partial charge on any atom is -0.398 e. The first kappa shape index (κ1) is 14.4. The molecule has 0 aliphatic rings. The highest BCUT2D eigenvalue weighted by Gasteiger charge is 2.10. The van der Waals surface area contributed by atoms with Gasteiger partial charge in [-0.25, -0.2) is 0 Å². The number of aryl methyl sites for hydroxylation is 1. The second-order valence-electron chi connectivity index (χ2n) is 4.82. The Balaban J connectivity index is 1.68. The number of nitrogen functional groups attached to an aromatic ring is 1. The van der Waals surface area contributed by atoms with E-state index in [-0.39, 0.29) is 11.7 Å². The van der Waals surface area contributed by atoms with Crippen molar-refractivity contribution in [1.82, 2.24) is 14.6 Å². The van der Waals surface area contributed by atoms with Gasteiger partial charge in [-0.1, -0.05) is 30.0 Å². The molecule has 0 atom stereocenters. The van der Waals surface area contributed by atoms with Gasteiger partial charge in [-0.3, -0.25) is 9.20 Å². The second-order valence-corrected chi connectivity index (χ2v) is 5.77. The van der Waals surface area contributed by atoms with Crippen LogP contribution in [0.5, 0.6) is 0 Å². The number of hydrogen-bond acceptors (Lipinski definition) is 5. The molecule has 3 rings (SSSR count). The average molecular weight is 313 g/mol. The molecule has 2 aromatic heterocycles. The topological polar surface area (TPSA) is 85.3 Å². The summed E-state index contributed by atoms with van der Waals surface area (Å²) in [7, 11) is 0. The lowest BCUT2D eigenvalue weighted by molar-refractivity contribution is -0.113. The molecule has 3 N–H and O–H groups in total. The van der Waals surface area contributed by atoms with Crippen molar-refractivity contribution in [2.45, 2.75) is 12.1 Å². The molecule has 0 saturated carbocycles. The fraction of sp³-hybridized carbons (Fsp3) is 0.133. The monoisotopic (exact) mass is 313 g/mol. The van der Waals surface area contributed by atoms with Gasteiger partial charge in [-0.2, -0.15) is 0 Å². The van der Waals surface area contributed by atoms with Gasteiger partial charge < -0.3 is 11.1 Å². The van der Waals surface area contributed by atoms with Crippen molar-refractivity contribution in [1.29, 1.82) is 0 Å². The number of aromatic nitrogens is 3. The summed E-state index contributed by atoms with van der Waals surface area (Å²) in [4.78, 5) is 12.0. The van der Waals surface area contributed by atoms with Crippen molar-refractivity contribution in [3.05, 3.63) is 48.2 Å². The van der Waals surface area contributed by atoms with Gasteiger partial charge in [-0.05, 0) is 30.7 Å². The van der Waals surface area contributed by atoms with Gasteiger partial charge in [0, 0.05) is 17.6 Å². The molecule has 2 heterocycles. The number of anilines is 2. The molecule has 1 aromatic carbocycles. The highest BCUT2D eigenvalue weighted by Crippen LogP contribution is 2.19. The molecule has 0 fully saturated rings. The Morgan fingerprint density at radius 2 is 2.09 bits per heavy atom. The molecule has 3 aromatic rings. The maximum atomic E-state index is 12.0. The Morgan fingerprint density at radius 3 is 2.91 bits per heavy atom. The maximum absolute atomic E-state index is 12.0. The predicted octanol–water partition coefficient (Wildman–Crippen LogP) is 2.35. The van der Waals surface area contributed by atoms with Crippen LogP contribution in [0.15, 0.2) is 47.8 Å². The number of para-hydroxylation sites is 1. The number of thioether (sulfide) groups is 1. The van der Waals surface area contributed by atoms with E-state index < -0.39 is 0 Å². The third kappa shape index (κ3) is 3.04. The van der Waals surface area contributed by atoms with Crippen molar-refractivity contribution in [2.24, 2.45) is 0 Å². The zero-order valence-corrected chi connectivity index (χ0v) is 12.8.